The lowest BCUT2D eigenvalue weighted by Gasteiger charge is -2.35. The summed E-state index contributed by atoms with van der Waals surface area (Å²) in [4.78, 5) is 14.7. The van der Waals surface area contributed by atoms with Crippen LogP contribution in [-0.2, 0) is 17.9 Å². The van der Waals surface area contributed by atoms with Crippen LogP contribution in [0.5, 0.6) is 0 Å². The minimum atomic E-state index is 0.228. The van der Waals surface area contributed by atoms with Crippen LogP contribution in [0.25, 0.3) is 0 Å². The largest absolute Gasteiger partial charge is 0.338 e. The molecule has 1 amide bonds. The van der Waals surface area contributed by atoms with Crippen LogP contribution in [-0.4, -0.2) is 43.0 Å². The molecule has 6 heteroatoms. The molecular weight excluding hydrogens is 290 g/mol. The Kier molecular flexibility index (Phi) is 4.79. The third kappa shape index (κ3) is 4.00. The molecule has 3 heterocycles. The monoisotopic (exact) mass is 315 g/mol. The lowest BCUT2D eigenvalue weighted by molar-refractivity contribution is -0.135. The minimum Gasteiger partial charge on any atom is -0.338 e. The lowest BCUT2D eigenvalue weighted by atomic mass is 10.0. The zero-order chi connectivity index (χ0) is 16.2. The maximum atomic E-state index is 12.6. The fourth-order valence-electron chi connectivity index (χ4n) is 3.24. The van der Waals surface area contributed by atoms with Crippen molar-refractivity contribution in [2.24, 2.45) is 0 Å². The van der Waals surface area contributed by atoms with E-state index in [1.807, 2.05) is 48.0 Å². The molecular formula is C17H25N5O. The maximum Gasteiger partial charge on any atom is 0.224 e. The average Bonchev–Trinajstić information content (AvgIpc) is 3.14. The molecule has 0 N–H and O–H groups in total. The molecule has 3 rings (SSSR count). The number of aromatic nitrogens is 4. The Morgan fingerprint density at radius 1 is 1.13 bits per heavy atom. The van der Waals surface area contributed by atoms with Gasteiger partial charge in [0.2, 0.25) is 5.91 Å². The van der Waals surface area contributed by atoms with Gasteiger partial charge in [0, 0.05) is 31.9 Å². The molecule has 2 aromatic heterocycles. The first-order valence-corrected chi connectivity index (χ1v) is 8.39. The number of rotatable bonds is 5. The zero-order valence-corrected chi connectivity index (χ0v) is 14.0. The Balaban J connectivity index is 1.59. The van der Waals surface area contributed by atoms with E-state index in [1.165, 1.54) is 6.42 Å². The summed E-state index contributed by atoms with van der Waals surface area (Å²) in [6, 6.07) is 0.259. The first-order valence-electron chi connectivity index (χ1n) is 8.39. The summed E-state index contributed by atoms with van der Waals surface area (Å²) >= 11 is 0. The number of nitrogens with zero attached hydrogens (tertiary/aromatic N) is 5. The normalized spacial score (nSPS) is 18.3. The van der Waals surface area contributed by atoms with Crippen molar-refractivity contribution in [2.45, 2.75) is 58.7 Å². The molecule has 23 heavy (non-hydrogen) atoms. The number of carbonyl (C=O) groups excluding carboxylic acids is 1. The van der Waals surface area contributed by atoms with Crippen LogP contribution < -0.4 is 0 Å². The van der Waals surface area contributed by atoms with E-state index >= 15 is 0 Å². The van der Waals surface area contributed by atoms with E-state index in [0.717, 1.165) is 37.1 Å². The van der Waals surface area contributed by atoms with Crippen molar-refractivity contribution >= 4 is 5.91 Å². The molecule has 0 spiro atoms. The van der Waals surface area contributed by atoms with Crippen LogP contribution in [0.1, 0.15) is 36.8 Å². The lowest BCUT2D eigenvalue weighted by Crippen LogP contribution is -2.46. The molecule has 0 bridgehead atoms. The van der Waals surface area contributed by atoms with Crippen LogP contribution in [0.4, 0.5) is 0 Å². The molecule has 124 valence electrons. The predicted molar refractivity (Wildman–Crippen MR) is 87.9 cm³/mol. The fourth-order valence-corrected chi connectivity index (χ4v) is 3.24. The maximum absolute atomic E-state index is 12.6. The quantitative estimate of drug-likeness (QED) is 0.849. The topological polar surface area (TPSA) is 56.0 Å². The molecule has 0 aliphatic carbocycles. The first kappa shape index (κ1) is 15.8. The van der Waals surface area contributed by atoms with Gasteiger partial charge >= 0.3 is 0 Å². The summed E-state index contributed by atoms with van der Waals surface area (Å²) in [7, 11) is 0. The van der Waals surface area contributed by atoms with Gasteiger partial charge in [-0.25, -0.2) is 0 Å². The van der Waals surface area contributed by atoms with Crippen molar-refractivity contribution in [2.75, 3.05) is 6.54 Å². The fraction of sp³-hybridized carbons (Fsp3) is 0.588. The summed E-state index contributed by atoms with van der Waals surface area (Å²) in [6.45, 7) is 6.36. The van der Waals surface area contributed by atoms with E-state index in [0.29, 0.717) is 13.0 Å². The van der Waals surface area contributed by atoms with Gasteiger partial charge in [-0.2, -0.15) is 10.2 Å². The molecule has 0 radical (unpaired) electrons. The van der Waals surface area contributed by atoms with Gasteiger partial charge in [0.25, 0.3) is 0 Å². The van der Waals surface area contributed by atoms with Gasteiger partial charge in [-0.15, -0.1) is 0 Å². The Labute approximate surface area is 137 Å². The number of likely N-dealkylation sites (tertiary alicyclic amines) is 1. The summed E-state index contributed by atoms with van der Waals surface area (Å²) in [6.07, 6.45) is 11.6. The minimum absolute atomic E-state index is 0.228. The number of hydrogen-bond acceptors (Lipinski definition) is 3. The Morgan fingerprint density at radius 3 is 2.48 bits per heavy atom. The highest BCUT2D eigenvalue weighted by Gasteiger charge is 2.26. The van der Waals surface area contributed by atoms with Crippen molar-refractivity contribution in [1.29, 1.82) is 0 Å². The van der Waals surface area contributed by atoms with Crippen molar-refractivity contribution in [3.63, 3.8) is 0 Å². The summed E-state index contributed by atoms with van der Waals surface area (Å²) in [5, 5.41) is 8.62. The van der Waals surface area contributed by atoms with Gasteiger partial charge in [-0.1, -0.05) is 0 Å². The summed E-state index contributed by atoms with van der Waals surface area (Å²) in [5.74, 6) is 0.228. The number of amides is 1. The van der Waals surface area contributed by atoms with E-state index in [9.17, 15) is 4.79 Å². The molecule has 2 aromatic rings. The standard InChI is InChI=1S/C17H25N5O/c1-14-9-18-20(11-14)8-6-17(23)22-7-4-3-5-16(22)13-21-12-15(2)10-19-21/h9-12,16H,3-8,13H2,1-2H3/t16-/m1/s1. The highest BCUT2D eigenvalue weighted by Crippen LogP contribution is 2.19. The van der Waals surface area contributed by atoms with Gasteiger partial charge in [-0.3, -0.25) is 14.2 Å². The van der Waals surface area contributed by atoms with Crippen LogP contribution in [0.3, 0.4) is 0 Å². The molecule has 0 saturated carbocycles. The molecule has 1 fully saturated rings. The summed E-state index contributed by atoms with van der Waals surface area (Å²) in [5.41, 5.74) is 2.29. The van der Waals surface area contributed by atoms with Crippen molar-refractivity contribution < 1.29 is 4.79 Å². The van der Waals surface area contributed by atoms with Gasteiger partial charge in [0.15, 0.2) is 0 Å². The second-order valence-electron chi connectivity index (χ2n) is 6.51. The summed E-state index contributed by atoms with van der Waals surface area (Å²) < 4.78 is 3.81. The third-order valence-corrected chi connectivity index (χ3v) is 4.42. The van der Waals surface area contributed by atoms with E-state index in [-0.39, 0.29) is 11.9 Å². The smallest absolute Gasteiger partial charge is 0.224 e. The second-order valence-corrected chi connectivity index (χ2v) is 6.51. The number of piperidine rings is 1. The third-order valence-electron chi connectivity index (χ3n) is 4.42. The Hall–Kier alpha value is -2.11. The number of hydrogen-bond donors (Lipinski definition) is 0. The van der Waals surface area contributed by atoms with Gasteiger partial charge in [-0.05, 0) is 44.2 Å². The SMILES string of the molecule is Cc1cnn(CCC(=O)N2CCCC[C@@H]2Cn2cc(C)cn2)c1. The van der Waals surface area contributed by atoms with E-state index in [2.05, 4.69) is 15.1 Å². The van der Waals surface area contributed by atoms with Crippen molar-refractivity contribution in [3.8, 4) is 0 Å². The second kappa shape index (κ2) is 6.98. The van der Waals surface area contributed by atoms with Crippen molar-refractivity contribution in [3.05, 3.63) is 35.9 Å². The zero-order valence-electron chi connectivity index (χ0n) is 14.0. The van der Waals surface area contributed by atoms with Crippen LogP contribution in [0.2, 0.25) is 0 Å². The van der Waals surface area contributed by atoms with Crippen molar-refractivity contribution in [1.82, 2.24) is 24.5 Å². The first-order chi connectivity index (χ1) is 11.1. The Morgan fingerprint density at radius 2 is 1.83 bits per heavy atom. The van der Waals surface area contributed by atoms with E-state index in [1.54, 1.807) is 0 Å². The van der Waals surface area contributed by atoms with Crippen LogP contribution in [0, 0.1) is 13.8 Å². The highest BCUT2D eigenvalue weighted by atomic mass is 16.2. The predicted octanol–water partition coefficient (Wildman–Crippen LogP) is 2.17. The van der Waals surface area contributed by atoms with Crippen LogP contribution >= 0.6 is 0 Å². The Bertz CT molecular complexity index is 659. The van der Waals surface area contributed by atoms with Gasteiger partial charge < -0.3 is 4.90 Å². The molecule has 0 aromatic carbocycles. The van der Waals surface area contributed by atoms with Gasteiger partial charge in [0.05, 0.1) is 25.0 Å². The number of carbonyl (C=O) groups is 1. The molecule has 1 aliphatic heterocycles. The molecule has 6 nitrogen and oxygen atoms in total. The molecule has 1 aliphatic rings. The van der Waals surface area contributed by atoms with E-state index < -0.39 is 0 Å². The average molecular weight is 315 g/mol. The van der Waals surface area contributed by atoms with Crippen LogP contribution in [0.15, 0.2) is 24.8 Å². The molecule has 0 unspecified atom stereocenters. The molecule has 1 saturated heterocycles. The van der Waals surface area contributed by atoms with E-state index in [4.69, 9.17) is 0 Å². The molecule has 1 atom stereocenters. The van der Waals surface area contributed by atoms with Gasteiger partial charge in [0.1, 0.15) is 0 Å². The highest BCUT2D eigenvalue weighted by molar-refractivity contribution is 5.76. The number of aryl methyl sites for hydroxylation is 3.